The summed E-state index contributed by atoms with van der Waals surface area (Å²) >= 11 is 0. The Morgan fingerprint density at radius 2 is 1.46 bits per heavy atom. The molecule has 1 N–H and O–H groups in total. The van der Waals surface area contributed by atoms with Gasteiger partial charge in [-0.2, -0.15) is 8.42 Å². The van der Waals surface area contributed by atoms with Gasteiger partial charge in [0.1, 0.15) is 0 Å². The van der Waals surface area contributed by atoms with Crippen molar-refractivity contribution in [2.75, 3.05) is 0 Å². The summed E-state index contributed by atoms with van der Waals surface area (Å²) in [5, 5.41) is 6.45. The first-order chi connectivity index (χ1) is 11.4. The zero-order chi connectivity index (χ0) is 17.1. The fourth-order valence-electron chi connectivity index (χ4n) is 3.59. The van der Waals surface area contributed by atoms with Crippen LogP contribution in [0.1, 0.15) is 11.1 Å². The van der Waals surface area contributed by atoms with E-state index >= 15 is 0 Å². The molecule has 0 aromatic heterocycles. The Bertz CT molecular complexity index is 1240. The Balaban J connectivity index is 2.28. The molecular formula is C20H16O3S. The lowest BCUT2D eigenvalue weighted by molar-refractivity contribution is 0.483. The Morgan fingerprint density at radius 1 is 0.750 bits per heavy atom. The summed E-state index contributed by atoms with van der Waals surface area (Å²) in [5.74, 6) is 0. The molecule has 0 bridgehead atoms. The molecule has 0 radical (unpaired) electrons. The highest BCUT2D eigenvalue weighted by atomic mass is 32.2. The lowest BCUT2D eigenvalue weighted by Gasteiger charge is -2.15. The molecule has 0 aliphatic heterocycles. The third kappa shape index (κ3) is 2.11. The molecule has 4 aromatic rings. The fourth-order valence-corrected chi connectivity index (χ4v) is 4.10. The van der Waals surface area contributed by atoms with Crippen molar-refractivity contribution in [3.8, 4) is 0 Å². The summed E-state index contributed by atoms with van der Waals surface area (Å²) in [6, 6.07) is 17.2. The molecule has 4 rings (SSSR count). The highest BCUT2D eigenvalue weighted by molar-refractivity contribution is 7.85. The van der Waals surface area contributed by atoms with Gasteiger partial charge in [0, 0.05) is 0 Å². The number of hydrogen-bond donors (Lipinski definition) is 1. The molecule has 0 aliphatic rings. The number of aryl methyl sites for hydroxylation is 2. The summed E-state index contributed by atoms with van der Waals surface area (Å²) in [6.45, 7) is 4.05. The Labute approximate surface area is 140 Å². The molecule has 24 heavy (non-hydrogen) atoms. The SMILES string of the molecule is Cc1c2ccc(S(=O)(=O)O)cc2c(C)c2c1ccc1ccccc12. The molecule has 0 unspecified atom stereocenters. The third-order valence-electron chi connectivity index (χ3n) is 4.80. The van der Waals surface area contributed by atoms with Gasteiger partial charge in [0.15, 0.2) is 0 Å². The number of fused-ring (bicyclic) bond motifs is 4. The van der Waals surface area contributed by atoms with Crippen molar-refractivity contribution in [2.24, 2.45) is 0 Å². The van der Waals surface area contributed by atoms with Crippen LogP contribution in [-0.4, -0.2) is 13.0 Å². The minimum Gasteiger partial charge on any atom is -0.282 e. The van der Waals surface area contributed by atoms with Gasteiger partial charge in [-0.3, -0.25) is 4.55 Å². The molecule has 0 atom stereocenters. The second-order valence-corrected chi connectivity index (χ2v) is 7.56. The van der Waals surface area contributed by atoms with E-state index in [2.05, 4.69) is 24.3 Å². The molecule has 0 spiro atoms. The number of hydrogen-bond acceptors (Lipinski definition) is 2. The smallest absolute Gasteiger partial charge is 0.282 e. The number of benzene rings is 4. The van der Waals surface area contributed by atoms with Crippen LogP contribution >= 0.6 is 0 Å². The summed E-state index contributed by atoms with van der Waals surface area (Å²) in [7, 11) is -4.22. The minimum atomic E-state index is -4.22. The summed E-state index contributed by atoms with van der Waals surface area (Å²) in [6.07, 6.45) is 0. The largest absolute Gasteiger partial charge is 0.294 e. The predicted molar refractivity (Wildman–Crippen MR) is 98.2 cm³/mol. The van der Waals surface area contributed by atoms with E-state index in [9.17, 15) is 13.0 Å². The van der Waals surface area contributed by atoms with Gasteiger partial charge in [0.2, 0.25) is 0 Å². The fraction of sp³-hybridized carbons (Fsp3) is 0.100. The Morgan fingerprint density at radius 3 is 2.21 bits per heavy atom. The van der Waals surface area contributed by atoms with E-state index in [1.807, 2.05) is 26.0 Å². The molecule has 4 aromatic carbocycles. The quantitative estimate of drug-likeness (QED) is 0.302. The molecule has 4 heteroatoms. The second kappa shape index (κ2) is 5.03. The van der Waals surface area contributed by atoms with Crippen LogP contribution in [0.15, 0.2) is 59.5 Å². The van der Waals surface area contributed by atoms with E-state index in [1.165, 1.54) is 11.5 Å². The highest BCUT2D eigenvalue weighted by Gasteiger charge is 2.15. The maximum atomic E-state index is 11.5. The molecule has 0 saturated carbocycles. The molecule has 0 fully saturated rings. The van der Waals surface area contributed by atoms with Gasteiger partial charge in [-0.05, 0) is 69.4 Å². The first kappa shape index (κ1) is 15.1. The van der Waals surface area contributed by atoms with Gasteiger partial charge in [-0.1, -0.05) is 42.5 Å². The van der Waals surface area contributed by atoms with Crippen LogP contribution in [0.4, 0.5) is 0 Å². The van der Waals surface area contributed by atoms with Gasteiger partial charge in [0.25, 0.3) is 10.1 Å². The van der Waals surface area contributed by atoms with Crippen LogP contribution < -0.4 is 0 Å². The summed E-state index contributed by atoms with van der Waals surface area (Å²) in [5.41, 5.74) is 2.13. The Hall–Kier alpha value is -2.43. The molecule has 0 aliphatic carbocycles. The van der Waals surface area contributed by atoms with Gasteiger partial charge in [-0.15, -0.1) is 0 Å². The second-order valence-electron chi connectivity index (χ2n) is 6.14. The van der Waals surface area contributed by atoms with E-state index in [1.54, 1.807) is 12.1 Å². The number of rotatable bonds is 1. The van der Waals surface area contributed by atoms with Crippen LogP contribution in [-0.2, 0) is 10.1 Å². The van der Waals surface area contributed by atoms with Crippen LogP contribution in [0.5, 0.6) is 0 Å². The standard InChI is InChI=1S/C20H16O3S/c1-12-16-10-8-15(24(21,22)23)11-19(16)13(2)20-17(12)9-7-14-5-3-4-6-18(14)20/h3-11H,1-2H3,(H,21,22,23). The Kier molecular flexibility index (Phi) is 3.17. The molecule has 120 valence electrons. The van der Waals surface area contributed by atoms with Crippen LogP contribution in [0.25, 0.3) is 32.3 Å². The van der Waals surface area contributed by atoms with Crippen molar-refractivity contribution in [3.63, 3.8) is 0 Å². The van der Waals surface area contributed by atoms with Crippen molar-refractivity contribution < 1.29 is 13.0 Å². The predicted octanol–water partition coefficient (Wildman–Crippen LogP) is 5.01. The molecule has 0 saturated heterocycles. The maximum absolute atomic E-state index is 11.5. The molecule has 3 nitrogen and oxygen atoms in total. The van der Waals surface area contributed by atoms with E-state index in [0.29, 0.717) is 0 Å². The van der Waals surface area contributed by atoms with E-state index in [4.69, 9.17) is 0 Å². The van der Waals surface area contributed by atoms with Crippen molar-refractivity contribution in [2.45, 2.75) is 18.7 Å². The van der Waals surface area contributed by atoms with Crippen LogP contribution in [0.2, 0.25) is 0 Å². The third-order valence-corrected chi connectivity index (χ3v) is 5.65. The van der Waals surface area contributed by atoms with Gasteiger partial charge >= 0.3 is 0 Å². The van der Waals surface area contributed by atoms with Crippen molar-refractivity contribution in [3.05, 3.63) is 65.7 Å². The van der Waals surface area contributed by atoms with E-state index < -0.39 is 10.1 Å². The van der Waals surface area contributed by atoms with Gasteiger partial charge in [-0.25, -0.2) is 0 Å². The van der Waals surface area contributed by atoms with E-state index in [-0.39, 0.29) is 4.90 Å². The lowest BCUT2D eigenvalue weighted by atomic mass is 9.90. The van der Waals surface area contributed by atoms with Crippen molar-refractivity contribution in [1.82, 2.24) is 0 Å². The highest BCUT2D eigenvalue weighted by Crippen LogP contribution is 2.37. The summed E-state index contributed by atoms with van der Waals surface area (Å²) in [4.78, 5) is -0.0721. The van der Waals surface area contributed by atoms with Crippen molar-refractivity contribution >= 4 is 42.4 Å². The lowest BCUT2D eigenvalue weighted by Crippen LogP contribution is -1.98. The summed E-state index contributed by atoms with van der Waals surface area (Å²) < 4.78 is 32.4. The average molecular weight is 336 g/mol. The molecular weight excluding hydrogens is 320 g/mol. The van der Waals surface area contributed by atoms with Crippen LogP contribution in [0.3, 0.4) is 0 Å². The van der Waals surface area contributed by atoms with Gasteiger partial charge < -0.3 is 0 Å². The zero-order valence-corrected chi connectivity index (χ0v) is 14.2. The first-order valence-electron chi connectivity index (χ1n) is 7.70. The minimum absolute atomic E-state index is 0.0721. The van der Waals surface area contributed by atoms with Crippen LogP contribution in [0, 0.1) is 13.8 Å². The molecule has 0 amide bonds. The maximum Gasteiger partial charge on any atom is 0.294 e. The van der Waals surface area contributed by atoms with Gasteiger partial charge in [0.05, 0.1) is 4.90 Å². The molecule has 0 heterocycles. The van der Waals surface area contributed by atoms with Crippen molar-refractivity contribution in [1.29, 1.82) is 0 Å². The average Bonchev–Trinajstić information content (AvgIpc) is 2.57. The topological polar surface area (TPSA) is 54.4 Å². The normalized spacial score (nSPS) is 12.3. The first-order valence-corrected chi connectivity index (χ1v) is 9.14. The monoisotopic (exact) mass is 336 g/mol. The zero-order valence-electron chi connectivity index (χ0n) is 13.4. The van der Waals surface area contributed by atoms with E-state index in [0.717, 1.165) is 38.1 Å².